The molecule has 0 aliphatic heterocycles. The van der Waals surface area contributed by atoms with Gasteiger partial charge in [-0.25, -0.2) is 4.98 Å². The molecule has 4 nitrogen and oxygen atoms in total. The second-order valence-corrected chi connectivity index (χ2v) is 7.26. The highest BCUT2D eigenvalue weighted by atomic mass is 32.1. The zero-order chi connectivity index (χ0) is 17.3. The van der Waals surface area contributed by atoms with Crippen molar-refractivity contribution >= 4 is 16.3 Å². The Bertz CT molecular complexity index is 874. The highest BCUT2D eigenvalue weighted by Gasteiger charge is 2.17. The lowest BCUT2D eigenvalue weighted by molar-refractivity contribution is 0.353. The lowest BCUT2D eigenvalue weighted by atomic mass is 10.1. The number of fused-ring (bicyclic) bond motifs is 1. The molecule has 0 aliphatic carbocycles. The predicted molar refractivity (Wildman–Crippen MR) is 101 cm³/mol. The van der Waals surface area contributed by atoms with Crippen LogP contribution >= 0.6 is 11.3 Å². The average molecular weight is 341 g/mol. The number of rotatable bonds is 6. The summed E-state index contributed by atoms with van der Waals surface area (Å²) in [6.45, 7) is 11.2. The lowest BCUT2D eigenvalue weighted by Gasteiger charge is -2.08. The summed E-state index contributed by atoms with van der Waals surface area (Å²) < 4.78 is 7.92. The third kappa shape index (κ3) is 3.09. The molecule has 3 aromatic rings. The number of aryl methyl sites for hydroxylation is 2. The quantitative estimate of drug-likeness (QED) is 0.686. The van der Waals surface area contributed by atoms with Crippen molar-refractivity contribution in [1.82, 2.24) is 9.38 Å². The van der Waals surface area contributed by atoms with Crippen LogP contribution in [0.2, 0.25) is 0 Å². The van der Waals surface area contributed by atoms with E-state index in [0.29, 0.717) is 13.2 Å². The summed E-state index contributed by atoms with van der Waals surface area (Å²) in [6, 6.07) is 8.08. The second-order valence-electron chi connectivity index (χ2n) is 6.08. The maximum atomic E-state index is 5.84. The van der Waals surface area contributed by atoms with Crippen molar-refractivity contribution in [1.29, 1.82) is 0 Å². The molecule has 0 saturated carbocycles. The molecule has 2 heterocycles. The molecular weight excluding hydrogens is 318 g/mol. The highest BCUT2D eigenvalue weighted by Crippen LogP contribution is 2.31. The van der Waals surface area contributed by atoms with E-state index < -0.39 is 0 Å². The van der Waals surface area contributed by atoms with Gasteiger partial charge in [0.15, 0.2) is 4.96 Å². The molecule has 0 atom stereocenters. The van der Waals surface area contributed by atoms with Gasteiger partial charge in [-0.2, -0.15) is 0 Å². The van der Waals surface area contributed by atoms with Crippen molar-refractivity contribution in [2.24, 2.45) is 5.73 Å². The van der Waals surface area contributed by atoms with Gasteiger partial charge in [-0.1, -0.05) is 6.58 Å². The van der Waals surface area contributed by atoms with Gasteiger partial charge >= 0.3 is 0 Å². The van der Waals surface area contributed by atoms with Gasteiger partial charge in [-0.05, 0) is 57.2 Å². The van der Waals surface area contributed by atoms with Gasteiger partial charge in [-0.3, -0.25) is 4.40 Å². The first-order valence-corrected chi connectivity index (χ1v) is 8.88. The molecule has 2 N–H and O–H groups in total. The smallest absolute Gasteiger partial charge is 0.194 e. The number of hydrogen-bond donors (Lipinski definition) is 1. The molecule has 0 saturated heterocycles. The summed E-state index contributed by atoms with van der Waals surface area (Å²) in [5.74, 6) is 0.843. The summed E-state index contributed by atoms with van der Waals surface area (Å²) >= 11 is 1.73. The third-order valence-electron chi connectivity index (χ3n) is 4.03. The van der Waals surface area contributed by atoms with Crippen LogP contribution in [0.4, 0.5) is 0 Å². The average Bonchev–Trinajstić information content (AvgIpc) is 3.04. The van der Waals surface area contributed by atoms with E-state index >= 15 is 0 Å². The second kappa shape index (κ2) is 6.79. The van der Waals surface area contributed by atoms with Gasteiger partial charge in [0.25, 0.3) is 0 Å². The lowest BCUT2D eigenvalue weighted by Crippen LogP contribution is -2.07. The normalized spacial score (nSPS) is 11.2. The van der Waals surface area contributed by atoms with Crippen LogP contribution in [0.15, 0.2) is 36.4 Å². The summed E-state index contributed by atoms with van der Waals surface area (Å²) in [5.41, 5.74) is 11.4. The molecule has 1 aromatic carbocycles. The molecule has 0 amide bonds. The van der Waals surface area contributed by atoms with E-state index in [9.17, 15) is 0 Å². The van der Waals surface area contributed by atoms with Gasteiger partial charge in [-0.15, -0.1) is 11.3 Å². The van der Waals surface area contributed by atoms with E-state index in [1.54, 1.807) is 11.3 Å². The van der Waals surface area contributed by atoms with Crippen LogP contribution in [0.3, 0.4) is 0 Å². The van der Waals surface area contributed by atoms with Gasteiger partial charge in [0.05, 0.1) is 11.4 Å². The minimum Gasteiger partial charge on any atom is -0.489 e. The fourth-order valence-corrected chi connectivity index (χ4v) is 3.72. The van der Waals surface area contributed by atoms with Crippen molar-refractivity contribution in [3.8, 4) is 17.0 Å². The van der Waals surface area contributed by atoms with Crippen LogP contribution in [0.5, 0.6) is 5.75 Å². The zero-order valence-corrected chi connectivity index (χ0v) is 15.2. The van der Waals surface area contributed by atoms with Gasteiger partial charge < -0.3 is 10.5 Å². The van der Waals surface area contributed by atoms with Gasteiger partial charge in [0.1, 0.15) is 12.4 Å². The standard InChI is InChI=1S/C19H23N3OS/c1-12(2)11-23-16-7-5-15(6-8-16)18-17(9-10-20)22-13(3)14(4)24-19(22)21-18/h5-8H,1,9-11,20H2,2-4H3. The molecule has 0 bridgehead atoms. The molecule has 5 heteroatoms. The number of thiazole rings is 1. The monoisotopic (exact) mass is 341 g/mol. The van der Waals surface area contributed by atoms with Crippen LogP contribution in [0, 0.1) is 13.8 Å². The molecular formula is C19H23N3OS. The van der Waals surface area contributed by atoms with Gasteiger partial charge in [0.2, 0.25) is 0 Å². The number of imidazole rings is 1. The highest BCUT2D eigenvalue weighted by molar-refractivity contribution is 7.17. The van der Waals surface area contributed by atoms with Crippen molar-refractivity contribution in [2.45, 2.75) is 27.2 Å². The Labute approximate surface area is 146 Å². The summed E-state index contributed by atoms with van der Waals surface area (Å²) in [5, 5.41) is 0. The maximum absolute atomic E-state index is 5.84. The molecule has 24 heavy (non-hydrogen) atoms. The Hall–Kier alpha value is -2.11. The number of hydrogen-bond acceptors (Lipinski definition) is 4. The summed E-state index contributed by atoms with van der Waals surface area (Å²) in [7, 11) is 0. The van der Waals surface area contributed by atoms with Gasteiger partial charge in [0, 0.05) is 22.6 Å². The van der Waals surface area contributed by atoms with E-state index in [1.807, 2.05) is 19.1 Å². The molecule has 126 valence electrons. The largest absolute Gasteiger partial charge is 0.489 e. The molecule has 2 aromatic heterocycles. The van der Waals surface area contributed by atoms with Crippen molar-refractivity contribution in [2.75, 3.05) is 13.2 Å². The van der Waals surface area contributed by atoms with Crippen LogP contribution in [-0.2, 0) is 6.42 Å². The van der Waals surface area contributed by atoms with Crippen molar-refractivity contribution in [3.05, 3.63) is 52.7 Å². The summed E-state index contributed by atoms with van der Waals surface area (Å²) in [4.78, 5) is 7.19. The Morgan fingerprint density at radius 1 is 1.29 bits per heavy atom. The maximum Gasteiger partial charge on any atom is 0.194 e. The van der Waals surface area contributed by atoms with Crippen molar-refractivity contribution < 1.29 is 4.74 Å². The molecule has 0 unspecified atom stereocenters. The summed E-state index contributed by atoms with van der Waals surface area (Å²) in [6.07, 6.45) is 0.807. The Morgan fingerprint density at radius 3 is 2.62 bits per heavy atom. The van der Waals surface area contributed by atoms with Crippen LogP contribution < -0.4 is 10.5 Å². The third-order valence-corrected chi connectivity index (χ3v) is 5.08. The molecule has 0 fully saturated rings. The van der Waals surface area contributed by atoms with E-state index in [0.717, 1.165) is 34.0 Å². The number of benzene rings is 1. The number of ether oxygens (including phenoxy) is 1. The first kappa shape index (κ1) is 16.7. The zero-order valence-electron chi connectivity index (χ0n) is 14.4. The van der Waals surface area contributed by atoms with E-state index in [1.165, 1.54) is 16.3 Å². The first-order chi connectivity index (χ1) is 11.5. The van der Waals surface area contributed by atoms with E-state index in [-0.39, 0.29) is 0 Å². The topological polar surface area (TPSA) is 52.5 Å². The minimum absolute atomic E-state index is 0.538. The number of aromatic nitrogens is 2. The first-order valence-electron chi connectivity index (χ1n) is 8.06. The SMILES string of the molecule is C=C(C)COc1ccc(-c2nc3sc(C)c(C)n3c2CCN)cc1. The molecule has 0 radical (unpaired) electrons. The number of nitrogens with zero attached hydrogens (tertiary/aromatic N) is 2. The molecule has 0 spiro atoms. The van der Waals surface area contributed by atoms with E-state index in [4.69, 9.17) is 15.5 Å². The van der Waals surface area contributed by atoms with Crippen LogP contribution in [-0.4, -0.2) is 22.5 Å². The predicted octanol–water partition coefficient (Wildman–Crippen LogP) is 4.14. The Morgan fingerprint density at radius 2 is 2.00 bits per heavy atom. The fraction of sp³-hybridized carbons (Fsp3) is 0.316. The fourth-order valence-electron chi connectivity index (χ4n) is 2.73. The van der Waals surface area contributed by atoms with Crippen LogP contribution in [0.25, 0.3) is 16.2 Å². The Balaban J connectivity index is 1.99. The molecule has 0 aliphatic rings. The van der Waals surface area contributed by atoms with E-state index in [2.05, 4.69) is 37.0 Å². The van der Waals surface area contributed by atoms with Crippen LogP contribution in [0.1, 0.15) is 23.2 Å². The minimum atomic E-state index is 0.538. The number of nitrogens with two attached hydrogens (primary N) is 1. The Kier molecular flexibility index (Phi) is 4.73. The molecule has 3 rings (SSSR count). The van der Waals surface area contributed by atoms with Crippen molar-refractivity contribution in [3.63, 3.8) is 0 Å².